The number of rotatable bonds is 6. The van der Waals surface area contributed by atoms with Crippen LogP contribution in [-0.4, -0.2) is 45.5 Å². The standard InChI is InChI=1S/C13H21N5O2/c1-10(2)12(17-5-3-4-6-17)9-16-13-14-7-11(8-15-13)18(19)20/h7-8,10,12H,3-6,9H2,1-2H3,(H,14,15,16). The van der Waals surface area contributed by atoms with Crippen molar-refractivity contribution in [1.29, 1.82) is 0 Å². The number of likely N-dealkylation sites (tertiary alicyclic amines) is 1. The minimum Gasteiger partial charge on any atom is -0.353 e. The van der Waals surface area contributed by atoms with E-state index in [0.717, 1.165) is 19.6 Å². The molecule has 1 N–H and O–H groups in total. The first-order valence-electron chi connectivity index (χ1n) is 7.02. The van der Waals surface area contributed by atoms with E-state index in [-0.39, 0.29) is 5.69 Å². The Morgan fingerprint density at radius 2 is 1.95 bits per heavy atom. The molecule has 0 amide bonds. The van der Waals surface area contributed by atoms with Gasteiger partial charge in [0, 0.05) is 12.6 Å². The molecule has 1 aromatic heterocycles. The third-order valence-electron chi connectivity index (χ3n) is 3.70. The fraction of sp³-hybridized carbons (Fsp3) is 0.692. The Bertz CT molecular complexity index is 443. The molecular weight excluding hydrogens is 258 g/mol. The summed E-state index contributed by atoms with van der Waals surface area (Å²) < 4.78 is 0. The summed E-state index contributed by atoms with van der Waals surface area (Å²) in [6, 6.07) is 0.441. The lowest BCUT2D eigenvalue weighted by atomic mass is 10.0. The molecule has 0 bridgehead atoms. The number of aromatic nitrogens is 2. The second-order valence-electron chi connectivity index (χ2n) is 5.46. The molecule has 1 unspecified atom stereocenters. The molecule has 0 radical (unpaired) electrons. The Labute approximate surface area is 118 Å². The summed E-state index contributed by atoms with van der Waals surface area (Å²) in [6.07, 6.45) is 4.99. The molecule has 2 rings (SSSR count). The molecule has 7 heteroatoms. The van der Waals surface area contributed by atoms with Gasteiger partial charge in [0.1, 0.15) is 12.4 Å². The molecule has 1 aromatic rings. The van der Waals surface area contributed by atoms with Crippen molar-refractivity contribution >= 4 is 11.6 Å². The van der Waals surface area contributed by atoms with Gasteiger partial charge in [0.2, 0.25) is 5.95 Å². The number of hydrogen-bond acceptors (Lipinski definition) is 6. The molecule has 110 valence electrons. The van der Waals surface area contributed by atoms with Gasteiger partial charge in [-0.15, -0.1) is 0 Å². The van der Waals surface area contributed by atoms with Crippen LogP contribution in [0.4, 0.5) is 11.6 Å². The van der Waals surface area contributed by atoms with Crippen molar-refractivity contribution in [2.75, 3.05) is 25.0 Å². The molecule has 1 aliphatic rings. The third-order valence-corrected chi connectivity index (χ3v) is 3.70. The van der Waals surface area contributed by atoms with Gasteiger partial charge in [-0.25, -0.2) is 9.97 Å². The molecule has 20 heavy (non-hydrogen) atoms. The Morgan fingerprint density at radius 3 is 2.45 bits per heavy atom. The van der Waals surface area contributed by atoms with Gasteiger partial charge in [0.15, 0.2) is 0 Å². The first-order valence-corrected chi connectivity index (χ1v) is 7.02. The van der Waals surface area contributed by atoms with Crippen LogP contribution in [0.5, 0.6) is 0 Å². The van der Waals surface area contributed by atoms with E-state index >= 15 is 0 Å². The van der Waals surface area contributed by atoms with E-state index in [0.29, 0.717) is 17.9 Å². The number of hydrogen-bond donors (Lipinski definition) is 1. The summed E-state index contributed by atoms with van der Waals surface area (Å²) in [7, 11) is 0. The number of nitrogens with zero attached hydrogens (tertiary/aromatic N) is 4. The maximum Gasteiger partial charge on any atom is 0.305 e. The van der Waals surface area contributed by atoms with E-state index in [4.69, 9.17) is 0 Å². The van der Waals surface area contributed by atoms with Crippen molar-refractivity contribution in [2.45, 2.75) is 32.7 Å². The van der Waals surface area contributed by atoms with Crippen molar-refractivity contribution < 1.29 is 4.92 Å². The summed E-state index contributed by atoms with van der Waals surface area (Å²) >= 11 is 0. The molecule has 7 nitrogen and oxygen atoms in total. The quantitative estimate of drug-likeness (QED) is 0.632. The van der Waals surface area contributed by atoms with Crippen LogP contribution in [0.25, 0.3) is 0 Å². The van der Waals surface area contributed by atoms with Gasteiger partial charge in [-0.2, -0.15) is 0 Å². The lowest BCUT2D eigenvalue weighted by Crippen LogP contribution is -2.42. The predicted octanol–water partition coefficient (Wildman–Crippen LogP) is 1.92. The highest BCUT2D eigenvalue weighted by Crippen LogP contribution is 2.18. The minimum atomic E-state index is -0.495. The van der Waals surface area contributed by atoms with Gasteiger partial charge < -0.3 is 5.32 Å². The SMILES string of the molecule is CC(C)C(CNc1ncc([N+](=O)[O-])cn1)N1CCCC1. The molecule has 1 saturated heterocycles. The number of anilines is 1. The molecule has 0 saturated carbocycles. The topological polar surface area (TPSA) is 84.2 Å². The number of nitro groups is 1. The highest BCUT2D eigenvalue weighted by atomic mass is 16.6. The normalized spacial score (nSPS) is 17.4. The van der Waals surface area contributed by atoms with E-state index in [2.05, 4.69) is 34.0 Å². The minimum absolute atomic E-state index is 0.0875. The first-order chi connectivity index (χ1) is 9.58. The van der Waals surface area contributed by atoms with Crippen LogP contribution in [0.1, 0.15) is 26.7 Å². The lowest BCUT2D eigenvalue weighted by Gasteiger charge is -2.30. The summed E-state index contributed by atoms with van der Waals surface area (Å²) in [5.41, 5.74) is -0.0875. The molecular formula is C13H21N5O2. The van der Waals surface area contributed by atoms with Gasteiger partial charge in [-0.3, -0.25) is 15.0 Å². The molecule has 0 aliphatic carbocycles. The largest absolute Gasteiger partial charge is 0.353 e. The van der Waals surface area contributed by atoms with Crippen molar-refractivity contribution in [2.24, 2.45) is 5.92 Å². The van der Waals surface area contributed by atoms with E-state index in [1.54, 1.807) is 0 Å². The van der Waals surface area contributed by atoms with E-state index in [1.807, 2.05) is 0 Å². The average molecular weight is 279 g/mol. The van der Waals surface area contributed by atoms with E-state index in [9.17, 15) is 10.1 Å². The fourth-order valence-electron chi connectivity index (χ4n) is 2.56. The monoisotopic (exact) mass is 279 g/mol. The maximum atomic E-state index is 10.5. The van der Waals surface area contributed by atoms with Crippen molar-refractivity contribution in [3.8, 4) is 0 Å². The van der Waals surface area contributed by atoms with Crippen LogP contribution >= 0.6 is 0 Å². The van der Waals surface area contributed by atoms with E-state index < -0.39 is 4.92 Å². The molecule has 2 heterocycles. The average Bonchev–Trinajstić information content (AvgIpc) is 2.93. The van der Waals surface area contributed by atoms with Gasteiger partial charge in [-0.05, 0) is 31.8 Å². The molecule has 0 aromatic carbocycles. The van der Waals surface area contributed by atoms with Crippen LogP contribution in [-0.2, 0) is 0 Å². The van der Waals surface area contributed by atoms with Crippen LogP contribution in [0, 0.1) is 16.0 Å². The van der Waals surface area contributed by atoms with Gasteiger partial charge in [-0.1, -0.05) is 13.8 Å². The van der Waals surface area contributed by atoms with Crippen molar-refractivity contribution in [1.82, 2.24) is 14.9 Å². The Balaban J connectivity index is 1.93. The second-order valence-corrected chi connectivity index (χ2v) is 5.46. The summed E-state index contributed by atoms with van der Waals surface area (Å²) in [5, 5.41) is 13.7. The molecule has 1 aliphatic heterocycles. The Morgan fingerprint density at radius 1 is 1.35 bits per heavy atom. The van der Waals surface area contributed by atoms with Crippen molar-refractivity contribution in [3.05, 3.63) is 22.5 Å². The number of nitrogens with one attached hydrogen (secondary N) is 1. The van der Waals surface area contributed by atoms with Gasteiger partial charge in [0.25, 0.3) is 0 Å². The first kappa shape index (κ1) is 14.6. The zero-order valence-corrected chi connectivity index (χ0v) is 12.0. The smallest absolute Gasteiger partial charge is 0.305 e. The zero-order valence-electron chi connectivity index (χ0n) is 12.0. The van der Waals surface area contributed by atoms with Crippen LogP contribution in [0.15, 0.2) is 12.4 Å². The predicted molar refractivity (Wildman–Crippen MR) is 76.6 cm³/mol. The highest BCUT2D eigenvalue weighted by Gasteiger charge is 2.24. The van der Waals surface area contributed by atoms with Gasteiger partial charge in [0.05, 0.1) is 4.92 Å². The molecule has 1 atom stereocenters. The summed E-state index contributed by atoms with van der Waals surface area (Å²) in [5.74, 6) is 0.985. The Hall–Kier alpha value is -1.76. The van der Waals surface area contributed by atoms with Crippen molar-refractivity contribution in [3.63, 3.8) is 0 Å². The lowest BCUT2D eigenvalue weighted by molar-refractivity contribution is -0.385. The van der Waals surface area contributed by atoms with Crippen LogP contribution in [0.3, 0.4) is 0 Å². The van der Waals surface area contributed by atoms with Crippen LogP contribution in [0.2, 0.25) is 0 Å². The summed E-state index contributed by atoms with van der Waals surface area (Å²) in [6.45, 7) is 7.47. The van der Waals surface area contributed by atoms with E-state index in [1.165, 1.54) is 25.2 Å². The van der Waals surface area contributed by atoms with Crippen LogP contribution < -0.4 is 5.32 Å². The van der Waals surface area contributed by atoms with Gasteiger partial charge >= 0.3 is 5.69 Å². The second kappa shape index (κ2) is 6.60. The fourth-order valence-corrected chi connectivity index (χ4v) is 2.56. The Kier molecular flexibility index (Phi) is 4.84. The maximum absolute atomic E-state index is 10.5. The molecule has 0 spiro atoms. The third kappa shape index (κ3) is 3.63. The highest BCUT2D eigenvalue weighted by molar-refractivity contribution is 5.30. The zero-order chi connectivity index (χ0) is 14.5. The molecule has 1 fully saturated rings. The summed E-state index contributed by atoms with van der Waals surface area (Å²) in [4.78, 5) is 20.5.